The Morgan fingerprint density at radius 2 is 1.95 bits per heavy atom. The molecule has 0 saturated carbocycles. The minimum atomic E-state index is -0.0477. The minimum Gasteiger partial charge on any atom is -0.497 e. The summed E-state index contributed by atoms with van der Waals surface area (Å²) in [5, 5.41) is 0.928. The molecule has 1 aromatic heterocycles. The van der Waals surface area contributed by atoms with Crippen LogP contribution in [0.15, 0.2) is 54.7 Å². The number of H-pyrrole nitrogens is 1. The molecule has 0 aliphatic carbocycles. The largest absolute Gasteiger partial charge is 0.497 e. The van der Waals surface area contributed by atoms with E-state index in [0.29, 0.717) is 5.56 Å². The molecule has 0 aliphatic rings. The highest BCUT2D eigenvalue weighted by Crippen LogP contribution is 2.24. The fourth-order valence-corrected chi connectivity index (χ4v) is 2.39. The van der Waals surface area contributed by atoms with E-state index in [1.54, 1.807) is 19.1 Å². The zero-order valence-corrected chi connectivity index (χ0v) is 12.0. The highest BCUT2D eigenvalue weighted by Gasteiger charge is 2.16. The van der Waals surface area contributed by atoms with Gasteiger partial charge in [-0.1, -0.05) is 12.1 Å². The van der Waals surface area contributed by atoms with Gasteiger partial charge in [0.05, 0.1) is 7.11 Å². The van der Waals surface area contributed by atoms with Gasteiger partial charge < -0.3 is 14.6 Å². The second-order valence-electron chi connectivity index (χ2n) is 4.81. The topological polar surface area (TPSA) is 45.3 Å². The summed E-state index contributed by atoms with van der Waals surface area (Å²) in [6.07, 6.45) is 1.84. The first kappa shape index (κ1) is 13.2. The van der Waals surface area contributed by atoms with Crippen molar-refractivity contribution in [1.29, 1.82) is 0 Å². The van der Waals surface area contributed by atoms with Gasteiger partial charge in [0.15, 0.2) is 0 Å². The quantitative estimate of drug-likeness (QED) is 0.798. The SMILES string of the molecule is COc1cccc(N(C)C(=O)c2cccc3[nH]ccc23)c1. The number of anilines is 1. The van der Waals surface area contributed by atoms with Crippen molar-refractivity contribution in [3.63, 3.8) is 0 Å². The number of carbonyl (C=O) groups excluding carboxylic acids is 1. The van der Waals surface area contributed by atoms with Gasteiger partial charge in [0.25, 0.3) is 5.91 Å². The Morgan fingerprint density at radius 1 is 1.14 bits per heavy atom. The molecule has 4 heteroatoms. The lowest BCUT2D eigenvalue weighted by Gasteiger charge is -2.18. The van der Waals surface area contributed by atoms with Crippen molar-refractivity contribution in [2.45, 2.75) is 0 Å². The summed E-state index contributed by atoms with van der Waals surface area (Å²) in [6.45, 7) is 0. The lowest BCUT2D eigenvalue weighted by molar-refractivity contribution is 0.0994. The minimum absolute atomic E-state index is 0.0477. The number of hydrogen-bond acceptors (Lipinski definition) is 2. The summed E-state index contributed by atoms with van der Waals surface area (Å²) >= 11 is 0. The van der Waals surface area contributed by atoms with Crippen molar-refractivity contribution < 1.29 is 9.53 Å². The van der Waals surface area contributed by atoms with Crippen LogP contribution in [-0.4, -0.2) is 25.0 Å². The van der Waals surface area contributed by atoms with Crippen LogP contribution in [-0.2, 0) is 0 Å². The monoisotopic (exact) mass is 280 g/mol. The van der Waals surface area contributed by atoms with Gasteiger partial charge in [-0.25, -0.2) is 0 Å². The summed E-state index contributed by atoms with van der Waals surface area (Å²) in [5.74, 6) is 0.681. The lowest BCUT2D eigenvalue weighted by Crippen LogP contribution is -2.26. The molecular formula is C17H16N2O2. The molecule has 1 N–H and O–H groups in total. The van der Waals surface area contributed by atoms with E-state index in [2.05, 4.69) is 4.98 Å². The second kappa shape index (κ2) is 5.32. The third-order valence-corrected chi connectivity index (χ3v) is 3.57. The van der Waals surface area contributed by atoms with Crippen LogP contribution in [0.5, 0.6) is 5.75 Å². The molecule has 4 nitrogen and oxygen atoms in total. The van der Waals surface area contributed by atoms with Crippen LogP contribution in [0.4, 0.5) is 5.69 Å². The van der Waals surface area contributed by atoms with Crippen molar-refractivity contribution in [1.82, 2.24) is 4.98 Å². The van der Waals surface area contributed by atoms with Gasteiger partial charge in [0, 0.05) is 41.5 Å². The number of aromatic amines is 1. The molecule has 0 spiro atoms. The smallest absolute Gasteiger partial charge is 0.258 e. The molecule has 0 unspecified atom stereocenters. The van der Waals surface area contributed by atoms with E-state index < -0.39 is 0 Å². The van der Waals surface area contributed by atoms with Crippen LogP contribution in [0.2, 0.25) is 0 Å². The molecule has 0 radical (unpaired) electrons. The van der Waals surface area contributed by atoms with Gasteiger partial charge in [-0.3, -0.25) is 4.79 Å². The predicted octanol–water partition coefficient (Wildman–Crippen LogP) is 3.45. The molecule has 106 valence electrons. The van der Waals surface area contributed by atoms with E-state index in [1.165, 1.54) is 0 Å². The Kier molecular flexibility index (Phi) is 3.36. The molecule has 0 bridgehead atoms. The molecule has 0 aliphatic heterocycles. The van der Waals surface area contributed by atoms with Gasteiger partial charge in [-0.2, -0.15) is 0 Å². The molecule has 0 fully saturated rings. The number of amides is 1. The van der Waals surface area contributed by atoms with Gasteiger partial charge in [-0.05, 0) is 30.3 Å². The zero-order valence-electron chi connectivity index (χ0n) is 12.0. The number of methoxy groups -OCH3 is 1. The second-order valence-corrected chi connectivity index (χ2v) is 4.81. The summed E-state index contributed by atoms with van der Waals surface area (Å²) in [5.41, 5.74) is 2.44. The van der Waals surface area contributed by atoms with Crippen LogP contribution in [0.25, 0.3) is 10.9 Å². The Labute approximate surface area is 123 Å². The summed E-state index contributed by atoms with van der Waals surface area (Å²) in [7, 11) is 3.38. The van der Waals surface area contributed by atoms with Crippen LogP contribution >= 0.6 is 0 Å². The molecular weight excluding hydrogens is 264 g/mol. The predicted molar refractivity (Wildman–Crippen MR) is 84.0 cm³/mol. The average molecular weight is 280 g/mol. The number of nitrogens with one attached hydrogen (secondary N) is 1. The molecule has 3 aromatic rings. The third-order valence-electron chi connectivity index (χ3n) is 3.57. The van der Waals surface area contributed by atoms with Crippen LogP contribution < -0.4 is 9.64 Å². The molecule has 0 atom stereocenters. The average Bonchev–Trinajstić information content (AvgIpc) is 3.02. The summed E-state index contributed by atoms with van der Waals surface area (Å²) in [4.78, 5) is 17.5. The normalized spacial score (nSPS) is 10.6. The van der Waals surface area contributed by atoms with Crippen LogP contribution in [0.3, 0.4) is 0 Å². The van der Waals surface area contributed by atoms with Crippen LogP contribution in [0.1, 0.15) is 10.4 Å². The van der Waals surface area contributed by atoms with Crippen molar-refractivity contribution in [3.05, 3.63) is 60.3 Å². The van der Waals surface area contributed by atoms with Gasteiger partial charge in [0.1, 0.15) is 5.75 Å². The first-order valence-electron chi connectivity index (χ1n) is 6.69. The first-order chi connectivity index (χ1) is 10.2. The number of fused-ring (bicyclic) bond motifs is 1. The number of hydrogen-bond donors (Lipinski definition) is 1. The van der Waals surface area contributed by atoms with E-state index in [4.69, 9.17) is 4.74 Å². The maximum Gasteiger partial charge on any atom is 0.258 e. The van der Waals surface area contributed by atoms with Gasteiger partial charge in [-0.15, -0.1) is 0 Å². The standard InChI is InChI=1S/C17H16N2O2/c1-19(12-5-3-6-13(11-12)21-2)17(20)15-7-4-8-16-14(15)9-10-18-16/h3-11,18H,1-2H3. The van der Waals surface area contributed by atoms with Gasteiger partial charge in [0.2, 0.25) is 0 Å². The fraction of sp³-hybridized carbons (Fsp3) is 0.118. The summed E-state index contributed by atoms with van der Waals surface area (Å²) in [6, 6.07) is 15.1. The van der Waals surface area contributed by atoms with E-state index in [1.807, 2.05) is 54.7 Å². The van der Waals surface area contributed by atoms with E-state index in [9.17, 15) is 4.79 Å². The molecule has 1 heterocycles. The fourth-order valence-electron chi connectivity index (χ4n) is 2.39. The Morgan fingerprint density at radius 3 is 2.76 bits per heavy atom. The molecule has 0 saturated heterocycles. The molecule has 1 amide bonds. The molecule has 2 aromatic carbocycles. The highest BCUT2D eigenvalue weighted by molar-refractivity contribution is 6.13. The molecule has 21 heavy (non-hydrogen) atoms. The van der Waals surface area contributed by atoms with E-state index >= 15 is 0 Å². The number of benzene rings is 2. The number of carbonyl (C=O) groups is 1. The number of rotatable bonds is 3. The van der Waals surface area contributed by atoms with E-state index in [-0.39, 0.29) is 5.91 Å². The lowest BCUT2D eigenvalue weighted by atomic mass is 10.1. The van der Waals surface area contributed by atoms with Gasteiger partial charge >= 0.3 is 0 Å². The van der Waals surface area contributed by atoms with E-state index in [0.717, 1.165) is 22.3 Å². The zero-order chi connectivity index (χ0) is 14.8. The third kappa shape index (κ3) is 2.36. The Bertz CT molecular complexity index is 792. The Balaban J connectivity index is 1.99. The van der Waals surface area contributed by atoms with Crippen molar-refractivity contribution >= 4 is 22.5 Å². The highest BCUT2D eigenvalue weighted by atomic mass is 16.5. The Hall–Kier alpha value is -2.75. The number of ether oxygens (including phenoxy) is 1. The maximum atomic E-state index is 12.7. The number of aromatic nitrogens is 1. The van der Waals surface area contributed by atoms with Crippen molar-refractivity contribution in [2.24, 2.45) is 0 Å². The number of nitrogens with zero attached hydrogens (tertiary/aromatic N) is 1. The van der Waals surface area contributed by atoms with Crippen LogP contribution in [0, 0.1) is 0 Å². The van der Waals surface area contributed by atoms with Crippen molar-refractivity contribution in [3.8, 4) is 5.75 Å². The molecule has 3 rings (SSSR count). The first-order valence-corrected chi connectivity index (χ1v) is 6.69. The summed E-state index contributed by atoms with van der Waals surface area (Å²) < 4.78 is 5.21. The van der Waals surface area contributed by atoms with Crippen molar-refractivity contribution in [2.75, 3.05) is 19.1 Å². The maximum absolute atomic E-state index is 12.7.